The first kappa shape index (κ1) is 15.3. The smallest absolute Gasteiger partial charge is 0.272 e. The lowest BCUT2D eigenvalue weighted by Gasteiger charge is -2.12. The maximum absolute atomic E-state index is 12.3. The predicted molar refractivity (Wildman–Crippen MR) is 81.9 cm³/mol. The minimum Gasteiger partial charge on any atom is -0.368 e. The third-order valence-corrected chi connectivity index (χ3v) is 3.25. The van der Waals surface area contributed by atoms with Crippen LogP contribution in [0.2, 0.25) is 0 Å². The van der Waals surface area contributed by atoms with Gasteiger partial charge in [0.25, 0.3) is 5.91 Å². The SMILES string of the molecule is CC(C)n1cc(Br)cc1C(=O)Nc1cnn(CC(N)=O)c1. The van der Waals surface area contributed by atoms with Crippen molar-refractivity contribution >= 4 is 33.4 Å². The highest BCUT2D eigenvalue weighted by atomic mass is 79.9. The highest BCUT2D eigenvalue weighted by Gasteiger charge is 2.15. The highest BCUT2D eigenvalue weighted by Crippen LogP contribution is 2.20. The Kier molecular flexibility index (Phi) is 4.46. The fraction of sp³-hybridized carbons (Fsp3) is 0.308. The number of rotatable bonds is 5. The number of carbonyl (C=O) groups is 2. The van der Waals surface area contributed by atoms with Crippen LogP contribution in [0.4, 0.5) is 5.69 Å². The van der Waals surface area contributed by atoms with Crippen molar-refractivity contribution in [1.29, 1.82) is 0 Å². The van der Waals surface area contributed by atoms with Gasteiger partial charge in [0, 0.05) is 22.9 Å². The van der Waals surface area contributed by atoms with E-state index in [4.69, 9.17) is 5.73 Å². The summed E-state index contributed by atoms with van der Waals surface area (Å²) in [6, 6.07) is 1.91. The quantitative estimate of drug-likeness (QED) is 0.857. The summed E-state index contributed by atoms with van der Waals surface area (Å²) in [4.78, 5) is 23.1. The van der Waals surface area contributed by atoms with Gasteiger partial charge in [-0.2, -0.15) is 5.10 Å². The van der Waals surface area contributed by atoms with Gasteiger partial charge in [-0.1, -0.05) is 0 Å². The third-order valence-electron chi connectivity index (χ3n) is 2.81. The molecular weight excluding hydrogens is 338 g/mol. The molecule has 8 heteroatoms. The second-order valence-corrected chi connectivity index (χ2v) is 5.81. The van der Waals surface area contributed by atoms with Crippen LogP contribution in [0.1, 0.15) is 30.4 Å². The summed E-state index contributed by atoms with van der Waals surface area (Å²) in [6.45, 7) is 3.96. The zero-order chi connectivity index (χ0) is 15.6. The van der Waals surface area contributed by atoms with Crippen molar-refractivity contribution in [3.63, 3.8) is 0 Å². The van der Waals surface area contributed by atoms with Crippen molar-refractivity contribution in [1.82, 2.24) is 14.3 Å². The molecule has 2 rings (SSSR count). The number of carbonyl (C=O) groups excluding carboxylic acids is 2. The topological polar surface area (TPSA) is 94.9 Å². The number of halogens is 1. The molecule has 3 N–H and O–H groups in total. The van der Waals surface area contributed by atoms with Gasteiger partial charge in [-0.25, -0.2) is 0 Å². The Balaban J connectivity index is 2.14. The van der Waals surface area contributed by atoms with Crippen LogP contribution in [0.5, 0.6) is 0 Å². The summed E-state index contributed by atoms with van der Waals surface area (Å²) >= 11 is 3.37. The summed E-state index contributed by atoms with van der Waals surface area (Å²) < 4.78 is 4.08. The van der Waals surface area contributed by atoms with Crippen LogP contribution in [-0.4, -0.2) is 26.2 Å². The van der Waals surface area contributed by atoms with E-state index in [2.05, 4.69) is 26.3 Å². The van der Waals surface area contributed by atoms with Gasteiger partial charge in [-0.15, -0.1) is 0 Å². The number of amides is 2. The van der Waals surface area contributed by atoms with Crippen LogP contribution in [0.25, 0.3) is 0 Å². The Bertz CT molecular complexity index is 674. The number of primary amides is 1. The van der Waals surface area contributed by atoms with E-state index in [-0.39, 0.29) is 18.5 Å². The maximum Gasteiger partial charge on any atom is 0.272 e. The monoisotopic (exact) mass is 353 g/mol. The van der Waals surface area contributed by atoms with Gasteiger partial charge in [0.05, 0.1) is 11.9 Å². The summed E-state index contributed by atoms with van der Waals surface area (Å²) in [5, 5.41) is 6.70. The lowest BCUT2D eigenvalue weighted by Crippen LogP contribution is -2.19. The Hall–Kier alpha value is -2.09. The number of hydrogen-bond donors (Lipinski definition) is 2. The first-order valence-corrected chi connectivity index (χ1v) is 7.15. The van der Waals surface area contributed by atoms with Gasteiger partial charge < -0.3 is 15.6 Å². The second-order valence-electron chi connectivity index (χ2n) is 4.89. The Morgan fingerprint density at radius 1 is 1.43 bits per heavy atom. The molecule has 0 spiro atoms. The van der Waals surface area contributed by atoms with Crippen LogP contribution < -0.4 is 11.1 Å². The molecule has 7 nitrogen and oxygen atoms in total. The fourth-order valence-electron chi connectivity index (χ4n) is 1.92. The van der Waals surface area contributed by atoms with Crippen molar-refractivity contribution < 1.29 is 9.59 Å². The largest absolute Gasteiger partial charge is 0.368 e. The third kappa shape index (κ3) is 3.72. The van der Waals surface area contributed by atoms with Gasteiger partial charge in [0.2, 0.25) is 5.91 Å². The van der Waals surface area contributed by atoms with E-state index >= 15 is 0 Å². The van der Waals surface area contributed by atoms with Crippen molar-refractivity contribution in [3.8, 4) is 0 Å². The molecule has 0 bridgehead atoms. The lowest BCUT2D eigenvalue weighted by molar-refractivity contribution is -0.118. The maximum atomic E-state index is 12.3. The van der Waals surface area contributed by atoms with Crippen molar-refractivity contribution in [3.05, 3.63) is 34.8 Å². The van der Waals surface area contributed by atoms with E-state index in [0.717, 1.165) is 4.47 Å². The molecule has 0 saturated carbocycles. The molecule has 21 heavy (non-hydrogen) atoms. The molecule has 0 radical (unpaired) electrons. The van der Waals surface area contributed by atoms with E-state index in [1.165, 1.54) is 10.9 Å². The molecule has 2 amide bonds. The first-order valence-electron chi connectivity index (χ1n) is 6.36. The molecule has 0 unspecified atom stereocenters. The molecule has 0 saturated heterocycles. The molecule has 2 aromatic heterocycles. The summed E-state index contributed by atoms with van der Waals surface area (Å²) in [7, 11) is 0. The van der Waals surface area contributed by atoms with Gasteiger partial charge in [-0.3, -0.25) is 14.3 Å². The van der Waals surface area contributed by atoms with E-state index in [1.807, 2.05) is 24.6 Å². The summed E-state index contributed by atoms with van der Waals surface area (Å²) in [5.41, 5.74) is 6.14. The molecule has 0 aliphatic rings. The van der Waals surface area contributed by atoms with Crippen molar-refractivity contribution in [2.45, 2.75) is 26.4 Å². The highest BCUT2D eigenvalue weighted by molar-refractivity contribution is 9.10. The van der Waals surface area contributed by atoms with E-state index in [9.17, 15) is 9.59 Å². The number of nitrogens with two attached hydrogens (primary N) is 1. The number of aromatic nitrogens is 3. The molecule has 2 heterocycles. The number of hydrogen-bond acceptors (Lipinski definition) is 3. The van der Waals surface area contributed by atoms with Gasteiger partial charge in [0.15, 0.2) is 0 Å². The first-order chi connectivity index (χ1) is 9.86. The van der Waals surface area contributed by atoms with E-state index < -0.39 is 5.91 Å². The van der Waals surface area contributed by atoms with Crippen LogP contribution in [0.3, 0.4) is 0 Å². The predicted octanol–water partition coefficient (Wildman–Crippen LogP) is 1.77. The van der Waals surface area contributed by atoms with Gasteiger partial charge in [0.1, 0.15) is 12.2 Å². The molecular formula is C13H16BrN5O2. The summed E-state index contributed by atoms with van der Waals surface area (Å²) in [5.74, 6) is -0.735. The Morgan fingerprint density at radius 3 is 2.76 bits per heavy atom. The molecule has 0 fully saturated rings. The van der Waals surface area contributed by atoms with E-state index in [1.54, 1.807) is 12.3 Å². The zero-order valence-electron chi connectivity index (χ0n) is 11.7. The zero-order valence-corrected chi connectivity index (χ0v) is 13.3. The normalized spacial score (nSPS) is 10.9. The molecule has 0 atom stereocenters. The number of nitrogens with one attached hydrogen (secondary N) is 1. The van der Waals surface area contributed by atoms with Crippen LogP contribution >= 0.6 is 15.9 Å². The summed E-state index contributed by atoms with van der Waals surface area (Å²) in [6.07, 6.45) is 4.88. The Morgan fingerprint density at radius 2 is 2.14 bits per heavy atom. The standard InChI is InChI=1S/C13H16BrN5O2/c1-8(2)19-5-9(14)3-11(19)13(21)17-10-4-16-18(6-10)7-12(15)20/h3-6,8H,7H2,1-2H3,(H2,15,20)(H,17,21). The van der Waals surface area contributed by atoms with Gasteiger partial charge >= 0.3 is 0 Å². The molecule has 2 aromatic rings. The molecule has 0 aliphatic carbocycles. The van der Waals surface area contributed by atoms with E-state index in [0.29, 0.717) is 11.4 Å². The van der Waals surface area contributed by atoms with Crippen LogP contribution in [-0.2, 0) is 11.3 Å². The second kappa shape index (κ2) is 6.13. The average Bonchev–Trinajstić information content (AvgIpc) is 2.95. The number of anilines is 1. The average molecular weight is 354 g/mol. The van der Waals surface area contributed by atoms with Crippen molar-refractivity contribution in [2.75, 3.05) is 5.32 Å². The Labute approximate surface area is 130 Å². The van der Waals surface area contributed by atoms with Crippen LogP contribution in [0.15, 0.2) is 29.1 Å². The number of nitrogens with zero attached hydrogens (tertiary/aromatic N) is 3. The minimum atomic E-state index is -0.492. The van der Waals surface area contributed by atoms with Gasteiger partial charge in [-0.05, 0) is 35.8 Å². The molecule has 0 aliphatic heterocycles. The molecule has 0 aromatic carbocycles. The molecule has 112 valence electrons. The van der Waals surface area contributed by atoms with Crippen molar-refractivity contribution in [2.24, 2.45) is 5.73 Å². The minimum absolute atomic E-state index is 0.0240. The fourth-order valence-corrected chi connectivity index (χ4v) is 2.36. The lowest BCUT2D eigenvalue weighted by atomic mass is 10.3. The van der Waals surface area contributed by atoms with Crippen LogP contribution in [0, 0.1) is 0 Å².